The first-order valence-electron chi connectivity index (χ1n) is 13.6. The monoisotopic (exact) mass is 516 g/mol. The van der Waals surface area contributed by atoms with Crippen molar-refractivity contribution in [3.8, 4) is 11.5 Å². The van der Waals surface area contributed by atoms with E-state index in [2.05, 4.69) is 65.9 Å². The van der Waals surface area contributed by atoms with Crippen LogP contribution in [-0.2, 0) is 17.6 Å². The van der Waals surface area contributed by atoms with Crippen LogP contribution in [0.5, 0.6) is 11.5 Å². The fraction of sp³-hybridized carbons (Fsp3) is 0.206. The largest absolute Gasteiger partial charge is 0.454 e. The van der Waals surface area contributed by atoms with Gasteiger partial charge in [-0.05, 0) is 52.8 Å². The molecule has 1 aliphatic rings. The molecule has 2 atom stereocenters. The van der Waals surface area contributed by atoms with Crippen molar-refractivity contribution in [3.05, 3.63) is 131 Å². The molecule has 0 aliphatic carbocycles. The van der Waals surface area contributed by atoms with Gasteiger partial charge >= 0.3 is 0 Å². The van der Waals surface area contributed by atoms with Gasteiger partial charge in [0.1, 0.15) is 0 Å². The molecule has 0 fully saturated rings. The molecule has 0 bridgehead atoms. The Morgan fingerprint density at radius 2 is 1.64 bits per heavy atom. The molecular weight excluding hydrogens is 484 g/mol. The lowest BCUT2D eigenvalue weighted by molar-refractivity contribution is -0.122. The molecule has 1 amide bonds. The summed E-state index contributed by atoms with van der Waals surface area (Å²) in [5.74, 6) is 1.30. The number of benzene rings is 4. The van der Waals surface area contributed by atoms with Crippen LogP contribution in [0.4, 0.5) is 0 Å². The first kappa shape index (κ1) is 24.8. The molecule has 2 unspecified atom stereocenters. The van der Waals surface area contributed by atoms with Crippen molar-refractivity contribution in [1.82, 2.24) is 10.3 Å². The van der Waals surface area contributed by atoms with Crippen molar-refractivity contribution in [2.45, 2.75) is 38.1 Å². The van der Waals surface area contributed by atoms with Crippen molar-refractivity contribution in [2.24, 2.45) is 0 Å². The number of carbonyl (C=O) groups excluding carboxylic acids is 1. The van der Waals surface area contributed by atoms with E-state index in [1.807, 2.05) is 54.6 Å². The molecule has 196 valence electrons. The molecule has 0 radical (unpaired) electrons. The molecule has 5 aromatic rings. The molecule has 1 aliphatic heterocycles. The lowest BCUT2D eigenvalue weighted by Gasteiger charge is -2.22. The first-order chi connectivity index (χ1) is 19.2. The molecule has 2 N–H and O–H groups in total. The van der Waals surface area contributed by atoms with Gasteiger partial charge in [0.05, 0.1) is 6.04 Å². The van der Waals surface area contributed by atoms with Crippen molar-refractivity contribution < 1.29 is 14.3 Å². The third-order valence-corrected chi connectivity index (χ3v) is 7.60. The standard InChI is InChI=1S/C34H32N2O3/c1-2-24-14-9-15-27-29(21-35-34(24)27)28(26-16-17-31-32(19-26)39-22-38-31)20-33(37)36-30(25-12-7-4-8-13-25)18-23-10-5-3-6-11-23/h3-17,19,21,28,30,35H,2,18,20,22H2,1H3,(H,36,37). The summed E-state index contributed by atoms with van der Waals surface area (Å²) in [6, 6.07) is 32.8. The summed E-state index contributed by atoms with van der Waals surface area (Å²) in [6.45, 7) is 2.38. The van der Waals surface area contributed by atoms with Crippen LogP contribution in [0.1, 0.15) is 53.1 Å². The first-order valence-corrected chi connectivity index (χ1v) is 13.6. The zero-order valence-electron chi connectivity index (χ0n) is 22.0. The smallest absolute Gasteiger partial charge is 0.231 e. The van der Waals surface area contributed by atoms with E-state index >= 15 is 0 Å². The van der Waals surface area contributed by atoms with E-state index in [1.165, 1.54) is 11.1 Å². The van der Waals surface area contributed by atoms with Crippen LogP contribution in [0.15, 0.2) is 103 Å². The predicted molar refractivity (Wildman–Crippen MR) is 154 cm³/mol. The SMILES string of the molecule is CCc1cccc2c(C(CC(=O)NC(Cc3ccccc3)c3ccccc3)c3ccc4c(c3)OCO4)c[nH]c12. The van der Waals surface area contributed by atoms with Gasteiger partial charge in [-0.3, -0.25) is 4.79 Å². The van der Waals surface area contributed by atoms with Gasteiger partial charge in [-0.25, -0.2) is 0 Å². The van der Waals surface area contributed by atoms with Crippen LogP contribution < -0.4 is 14.8 Å². The number of nitrogens with one attached hydrogen (secondary N) is 2. The number of hydrogen-bond donors (Lipinski definition) is 2. The maximum atomic E-state index is 13.8. The third kappa shape index (κ3) is 5.26. The minimum absolute atomic E-state index is 0.00319. The second-order valence-electron chi connectivity index (χ2n) is 10.0. The second-order valence-corrected chi connectivity index (χ2v) is 10.0. The van der Waals surface area contributed by atoms with Gasteiger partial charge in [-0.1, -0.05) is 91.9 Å². The highest BCUT2D eigenvalue weighted by molar-refractivity contribution is 5.88. The van der Waals surface area contributed by atoms with Gasteiger partial charge in [0.15, 0.2) is 11.5 Å². The van der Waals surface area contributed by atoms with Gasteiger partial charge in [0.2, 0.25) is 12.7 Å². The number of para-hydroxylation sites is 1. The molecule has 0 saturated carbocycles. The average Bonchev–Trinajstić information content (AvgIpc) is 3.63. The van der Waals surface area contributed by atoms with Gasteiger partial charge in [-0.2, -0.15) is 0 Å². The number of aromatic amines is 1. The molecule has 0 spiro atoms. The van der Waals surface area contributed by atoms with Gasteiger partial charge in [-0.15, -0.1) is 0 Å². The Hall–Kier alpha value is -4.51. The molecule has 5 nitrogen and oxygen atoms in total. The van der Waals surface area contributed by atoms with E-state index in [4.69, 9.17) is 9.47 Å². The van der Waals surface area contributed by atoms with E-state index in [9.17, 15) is 4.79 Å². The predicted octanol–water partition coefficient (Wildman–Crippen LogP) is 7.08. The van der Waals surface area contributed by atoms with Crippen LogP contribution in [0.2, 0.25) is 0 Å². The van der Waals surface area contributed by atoms with E-state index in [0.717, 1.165) is 51.9 Å². The van der Waals surface area contributed by atoms with E-state index in [0.29, 0.717) is 6.42 Å². The zero-order chi connectivity index (χ0) is 26.6. The topological polar surface area (TPSA) is 63.4 Å². The van der Waals surface area contributed by atoms with Crippen molar-refractivity contribution >= 4 is 16.8 Å². The molecule has 4 aromatic carbocycles. The number of hydrogen-bond acceptors (Lipinski definition) is 3. The minimum atomic E-state index is -0.159. The van der Waals surface area contributed by atoms with Crippen molar-refractivity contribution in [1.29, 1.82) is 0 Å². The van der Waals surface area contributed by atoms with Crippen molar-refractivity contribution in [3.63, 3.8) is 0 Å². The Morgan fingerprint density at radius 1 is 0.872 bits per heavy atom. The maximum Gasteiger partial charge on any atom is 0.231 e. The number of aryl methyl sites for hydroxylation is 1. The van der Waals surface area contributed by atoms with E-state index < -0.39 is 0 Å². The molecule has 1 aromatic heterocycles. The number of ether oxygens (including phenoxy) is 2. The number of rotatable bonds is 9. The quantitative estimate of drug-likeness (QED) is 0.220. The fourth-order valence-electron chi connectivity index (χ4n) is 5.58. The van der Waals surface area contributed by atoms with Crippen LogP contribution >= 0.6 is 0 Å². The summed E-state index contributed by atoms with van der Waals surface area (Å²) in [6.07, 6.45) is 4.02. The Morgan fingerprint density at radius 3 is 2.44 bits per heavy atom. The van der Waals surface area contributed by atoms with E-state index in [1.54, 1.807) is 0 Å². The van der Waals surface area contributed by atoms with Crippen LogP contribution in [-0.4, -0.2) is 17.7 Å². The summed E-state index contributed by atoms with van der Waals surface area (Å²) in [5, 5.41) is 4.51. The highest BCUT2D eigenvalue weighted by atomic mass is 16.7. The molecular formula is C34H32N2O3. The summed E-state index contributed by atoms with van der Waals surface area (Å²) < 4.78 is 11.2. The fourth-order valence-corrected chi connectivity index (χ4v) is 5.58. The van der Waals surface area contributed by atoms with Gasteiger partial charge < -0.3 is 19.8 Å². The van der Waals surface area contributed by atoms with Crippen LogP contribution in [0.3, 0.4) is 0 Å². The zero-order valence-corrected chi connectivity index (χ0v) is 22.0. The Bertz CT molecular complexity index is 1580. The number of fused-ring (bicyclic) bond motifs is 2. The minimum Gasteiger partial charge on any atom is -0.454 e. The normalized spacial score (nSPS) is 13.8. The Kier molecular flexibility index (Phi) is 7.05. The summed E-state index contributed by atoms with van der Waals surface area (Å²) in [4.78, 5) is 17.3. The van der Waals surface area contributed by atoms with Crippen LogP contribution in [0.25, 0.3) is 10.9 Å². The second kappa shape index (κ2) is 11.1. The number of aromatic nitrogens is 1. The number of amides is 1. The summed E-state index contributed by atoms with van der Waals surface area (Å²) >= 11 is 0. The highest BCUT2D eigenvalue weighted by Gasteiger charge is 2.26. The number of carbonyl (C=O) groups is 1. The molecule has 5 heteroatoms. The Labute approximate surface area is 228 Å². The molecule has 0 saturated heterocycles. The summed E-state index contributed by atoms with van der Waals surface area (Å²) in [7, 11) is 0. The van der Waals surface area contributed by atoms with Gasteiger partial charge in [0.25, 0.3) is 0 Å². The van der Waals surface area contributed by atoms with E-state index in [-0.39, 0.29) is 24.7 Å². The third-order valence-electron chi connectivity index (χ3n) is 7.60. The molecule has 2 heterocycles. The summed E-state index contributed by atoms with van der Waals surface area (Å²) in [5.41, 5.74) is 6.80. The van der Waals surface area contributed by atoms with Gasteiger partial charge in [0, 0.05) is 29.4 Å². The van der Waals surface area contributed by atoms with Crippen molar-refractivity contribution in [2.75, 3.05) is 6.79 Å². The molecule has 39 heavy (non-hydrogen) atoms. The Balaban J connectivity index is 1.34. The lowest BCUT2D eigenvalue weighted by Crippen LogP contribution is -2.31. The molecule has 6 rings (SSSR count). The number of H-pyrrole nitrogens is 1. The maximum absolute atomic E-state index is 13.8. The van der Waals surface area contributed by atoms with Crippen LogP contribution in [0, 0.1) is 0 Å². The lowest BCUT2D eigenvalue weighted by atomic mass is 9.87. The highest BCUT2D eigenvalue weighted by Crippen LogP contribution is 2.40. The average molecular weight is 517 g/mol.